The van der Waals surface area contributed by atoms with Gasteiger partial charge in [0.25, 0.3) is 0 Å². The fourth-order valence-corrected chi connectivity index (χ4v) is 0.424. The van der Waals surface area contributed by atoms with Crippen LogP contribution >= 0.6 is 12.2 Å². The summed E-state index contributed by atoms with van der Waals surface area (Å²) in [4.78, 5) is 10.7. The number of hydrogen-bond donors (Lipinski definition) is 0. The van der Waals surface area contributed by atoms with E-state index in [-0.39, 0.29) is 12.6 Å². The van der Waals surface area contributed by atoms with Gasteiger partial charge in [0.05, 0.1) is 0 Å². The first-order valence-electron chi connectivity index (χ1n) is 3.01. The number of carbonyl (C=O) groups excluding carboxylic acids is 1. The van der Waals surface area contributed by atoms with Crippen molar-refractivity contribution in [3.05, 3.63) is 12.2 Å². The van der Waals surface area contributed by atoms with Crippen molar-refractivity contribution < 1.29 is 9.53 Å². The van der Waals surface area contributed by atoms with E-state index in [9.17, 15) is 4.79 Å². The van der Waals surface area contributed by atoms with E-state index >= 15 is 0 Å². The van der Waals surface area contributed by atoms with E-state index in [1.165, 1.54) is 5.37 Å². The zero-order valence-electron chi connectivity index (χ0n) is 5.92. The van der Waals surface area contributed by atoms with E-state index in [4.69, 9.17) is 0 Å². The molecule has 0 saturated carbocycles. The maximum atomic E-state index is 10.7. The number of ether oxygens (including phenoxy) is 1. The number of carbonyl (C=O) groups is 1. The highest BCUT2D eigenvalue weighted by Crippen LogP contribution is 1.98. The van der Waals surface area contributed by atoms with Crippen molar-refractivity contribution in [2.45, 2.75) is 13.3 Å². The number of hydrogen-bond acceptors (Lipinski definition) is 3. The van der Waals surface area contributed by atoms with Gasteiger partial charge in [-0.25, -0.2) is 4.79 Å². The minimum Gasteiger partial charge on any atom is -0.457 e. The van der Waals surface area contributed by atoms with Crippen LogP contribution in [0.1, 0.15) is 13.3 Å². The minimum absolute atomic E-state index is 0.188. The SMILES string of the molecule is C=C(CC)C(=O)OCC=S. The first-order valence-corrected chi connectivity index (χ1v) is 3.48. The largest absolute Gasteiger partial charge is 0.457 e. The Labute approximate surface area is 65.9 Å². The molecule has 0 bridgehead atoms. The quantitative estimate of drug-likeness (QED) is 0.352. The molecule has 0 unspecified atom stereocenters. The molecule has 0 spiro atoms. The Balaban J connectivity index is 3.62. The van der Waals surface area contributed by atoms with Gasteiger partial charge < -0.3 is 4.74 Å². The monoisotopic (exact) mass is 158 g/mol. The third-order valence-electron chi connectivity index (χ3n) is 0.998. The van der Waals surface area contributed by atoms with E-state index in [1.807, 2.05) is 6.92 Å². The highest BCUT2D eigenvalue weighted by Gasteiger charge is 2.03. The summed E-state index contributed by atoms with van der Waals surface area (Å²) in [5.41, 5.74) is 0.483. The van der Waals surface area contributed by atoms with Gasteiger partial charge in [0, 0.05) is 10.9 Å². The topological polar surface area (TPSA) is 26.3 Å². The van der Waals surface area contributed by atoms with Crippen molar-refractivity contribution >= 4 is 23.6 Å². The third kappa shape index (κ3) is 3.35. The maximum Gasteiger partial charge on any atom is 0.333 e. The zero-order chi connectivity index (χ0) is 7.98. The van der Waals surface area contributed by atoms with Crippen LogP contribution in [0.25, 0.3) is 0 Å². The second-order valence-electron chi connectivity index (χ2n) is 1.72. The summed E-state index contributed by atoms with van der Waals surface area (Å²) >= 11 is 4.46. The second-order valence-corrected chi connectivity index (χ2v) is 2.06. The highest BCUT2D eigenvalue weighted by atomic mass is 32.1. The number of rotatable bonds is 4. The predicted octanol–water partition coefficient (Wildman–Crippen LogP) is 1.50. The fraction of sp³-hybridized carbons (Fsp3) is 0.429. The van der Waals surface area contributed by atoms with Crippen LogP contribution in [-0.2, 0) is 9.53 Å². The lowest BCUT2D eigenvalue weighted by atomic mass is 10.2. The predicted molar refractivity (Wildman–Crippen MR) is 44.0 cm³/mol. The first-order chi connectivity index (χ1) is 4.72. The summed E-state index contributed by atoms with van der Waals surface area (Å²) < 4.78 is 4.65. The van der Waals surface area contributed by atoms with Crippen LogP contribution in [0.2, 0.25) is 0 Å². The van der Waals surface area contributed by atoms with E-state index < -0.39 is 0 Å². The van der Waals surface area contributed by atoms with Crippen LogP contribution in [0.5, 0.6) is 0 Å². The molecule has 0 saturated heterocycles. The molecule has 0 amide bonds. The van der Waals surface area contributed by atoms with Crippen LogP contribution in [0.3, 0.4) is 0 Å². The van der Waals surface area contributed by atoms with Crippen LogP contribution in [0, 0.1) is 0 Å². The minimum atomic E-state index is -0.358. The Morgan fingerprint density at radius 2 is 2.40 bits per heavy atom. The molecular formula is C7H10O2S. The summed E-state index contributed by atoms with van der Waals surface area (Å²) in [6.07, 6.45) is 0.621. The molecule has 0 aromatic rings. The van der Waals surface area contributed by atoms with Gasteiger partial charge in [-0.3, -0.25) is 0 Å². The van der Waals surface area contributed by atoms with Gasteiger partial charge >= 0.3 is 5.97 Å². The Kier molecular flexibility index (Phi) is 4.76. The molecule has 0 fully saturated rings. The smallest absolute Gasteiger partial charge is 0.333 e. The van der Waals surface area contributed by atoms with Crippen molar-refractivity contribution in [1.82, 2.24) is 0 Å². The van der Waals surface area contributed by atoms with Gasteiger partial charge in [-0.2, -0.15) is 0 Å². The molecule has 10 heavy (non-hydrogen) atoms. The molecule has 0 aliphatic rings. The normalized spacial score (nSPS) is 8.50. The lowest BCUT2D eigenvalue weighted by Gasteiger charge is -2.00. The molecule has 0 aliphatic carbocycles. The Morgan fingerprint density at radius 1 is 1.80 bits per heavy atom. The van der Waals surface area contributed by atoms with Gasteiger partial charge in [0.1, 0.15) is 6.61 Å². The average Bonchev–Trinajstić information content (AvgIpc) is 1.98. The molecule has 0 atom stereocenters. The molecule has 0 heterocycles. The third-order valence-corrected chi connectivity index (χ3v) is 1.13. The van der Waals surface area contributed by atoms with Crippen LogP contribution < -0.4 is 0 Å². The maximum absolute atomic E-state index is 10.7. The zero-order valence-corrected chi connectivity index (χ0v) is 6.74. The van der Waals surface area contributed by atoms with Gasteiger partial charge in [-0.05, 0) is 6.42 Å². The molecule has 56 valence electrons. The van der Waals surface area contributed by atoms with Crippen molar-refractivity contribution in [2.75, 3.05) is 6.61 Å². The Bertz CT molecular complexity index is 152. The van der Waals surface area contributed by atoms with Crippen LogP contribution in [-0.4, -0.2) is 17.9 Å². The summed E-state index contributed by atoms with van der Waals surface area (Å²) in [5, 5.41) is 1.36. The van der Waals surface area contributed by atoms with Crippen molar-refractivity contribution in [3.8, 4) is 0 Å². The van der Waals surface area contributed by atoms with Crippen molar-refractivity contribution in [2.24, 2.45) is 0 Å². The number of esters is 1. The van der Waals surface area contributed by atoms with E-state index in [1.54, 1.807) is 0 Å². The molecule has 0 radical (unpaired) electrons. The molecular weight excluding hydrogens is 148 g/mol. The van der Waals surface area contributed by atoms with Crippen LogP contribution in [0.15, 0.2) is 12.2 Å². The van der Waals surface area contributed by atoms with Gasteiger partial charge in [0.2, 0.25) is 0 Å². The van der Waals surface area contributed by atoms with Crippen molar-refractivity contribution in [3.63, 3.8) is 0 Å². The fourth-order valence-electron chi connectivity index (χ4n) is 0.356. The lowest BCUT2D eigenvalue weighted by molar-refractivity contribution is -0.137. The molecule has 2 nitrogen and oxygen atoms in total. The van der Waals surface area contributed by atoms with E-state index in [2.05, 4.69) is 23.5 Å². The Morgan fingerprint density at radius 3 is 2.80 bits per heavy atom. The number of thiocarbonyl (C=S) groups is 1. The van der Waals surface area contributed by atoms with Crippen molar-refractivity contribution in [1.29, 1.82) is 0 Å². The van der Waals surface area contributed by atoms with E-state index in [0.29, 0.717) is 12.0 Å². The molecule has 0 aromatic heterocycles. The van der Waals surface area contributed by atoms with Crippen LogP contribution in [0.4, 0.5) is 0 Å². The summed E-state index contributed by atoms with van der Waals surface area (Å²) in [7, 11) is 0. The van der Waals surface area contributed by atoms with Gasteiger partial charge in [-0.1, -0.05) is 25.7 Å². The lowest BCUT2D eigenvalue weighted by Crippen LogP contribution is -2.07. The van der Waals surface area contributed by atoms with E-state index in [0.717, 1.165) is 0 Å². The Hall–Kier alpha value is -0.700. The molecule has 3 heteroatoms. The first kappa shape index (κ1) is 9.30. The van der Waals surface area contributed by atoms with Gasteiger partial charge in [0.15, 0.2) is 0 Å². The molecule has 0 aromatic carbocycles. The summed E-state index contributed by atoms with van der Waals surface area (Å²) in [6, 6.07) is 0. The standard InChI is InChI=1S/C7H10O2S/c1-3-6(2)7(8)9-4-5-10/h5H,2-4H2,1H3. The molecule has 0 aliphatic heterocycles. The second kappa shape index (κ2) is 5.11. The summed E-state index contributed by atoms with van der Waals surface area (Å²) in [5.74, 6) is -0.358. The summed E-state index contributed by atoms with van der Waals surface area (Å²) in [6.45, 7) is 5.54. The highest BCUT2D eigenvalue weighted by molar-refractivity contribution is 7.79. The average molecular weight is 158 g/mol. The molecule has 0 N–H and O–H groups in total. The molecule has 0 rings (SSSR count). The van der Waals surface area contributed by atoms with Gasteiger partial charge in [-0.15, -0.1) is 0 Å².